The summed E-state index contributed by atoms with van der Waals surface area (Å²) in [6, 6.07) is 1.34. The molecule has 1 aliphatic carbocycles. The number of nitrogens with zero attached hydrogens (tertiary/aromatic N) is 6. The van der Waals surface area contributed by atoms with Gasteiger partial charge in [0.05, 0.1) is 13.7 Å². The van der Waals surface area contributed by atoms with E-state index in [9.17, 15) is 9.18 Å². The molecule has 162 valence electrons. The average Bonchev–Trinajstić information content (AvgIpc) is 3.40. The fraction of sp³-hybridized carbons (Fsp3) is 0.476. The van der Waals surface area contributed by atoms with Crippen molar-refractivity contribution >= 4 is 17.1 Å². The molecular formula is C21H23FN6O3. The zero-order chi connectivity index (χ0) is 21.5. The predicted octanol–water partition coefficient (Wildman–Crippen LogP) is 2.45. The third-order valence-electron chi connectivity index (χ3n) is 5.74. The number of halogens is 1. The second-order valence-corrected chi connectivity index (χ2v) is 7.83. The first-order chi connectivity index (χ1) is 15.1. The van der Waals surface area contributed by atoms with E-state index in [0.29, 0.717) is 48.1 Å². The molecule has 10 heteroatoms. The maximum Gasteiger partial charge on any atom is 0.250 e. The van der Waals surface area contributed by atoms with E-state index in [0.717, 1.165) is 19.3 Å². The van der Waals surface area contributed by atoms with Crippen molar-refractivity contribution in [2.75, 3.05) is 20.2 Å². The molecule has 4 heterocycles. The Kier molecular flexibility index (Phi) is 4.91. The number of carbonyl (C=O) groups excluding carboxylic acids is 1. The van der Waals surface area contributed by atoms with Crippen molar-refractivity contribution in [3.05, 3.63) is 24.4 Å². The van der Waals surface area contributed by atoms with Gasteiger partial charge in [0, 0.05) is 37.2 Å². The van der Waals surface area contributed by atoms with E-state index in [2.05, 4.69) is 19.9 Å². The molecule has 0 bridgehead atoms. The number of carbonyl (C=O) groups is 1. The minimum atomic E-state index is -0.566. The molecule has 5 rings (SSSR count). The van der Waals surface area contributed by atoms with Crippen molar-refractivity contribution in [2.24, 2.45) is 5.92 Å². The molecule has 1 saturated heterocycles. The quantitative estimate of drug-likeness (QED) is 0.597. The second kappa shape index (κ2) is 7.75. The van der Waals surface area contributed by atoms with Crippen LogP contribution in [0, 0.1) is 11.7 Å². The number of rotatable bonds is 6. The zero-order valence-corrected chi connectivity index (χ0v) is 17.4. The summed E-state index contributed by atoms with van der Waals surface area (Å²) < 4.78 is 27.1. The Labute approximate surface area is 178 Å². The number of aromatic nitrogens is 5. The fourth-order valence-corrected chi connectivity index (χ4v) is 3.99. The first-order valence-electron chi connectivity index (χ1n) is 10.5. The van der Waals surface area contributed by atoms with Crippen molar-refractivity contribution in [1.29, 1.82) is 0 Å². The van der Waals surface area contributed by atoms with Gasteiger partial charge in [-0.1, -0.05) is 0 Å². The standard InChI is InChI=1S/C21H23FN6O3/c1-3-28-17(13-8-15(22)19(30-2)23-9-13)26-16-18(28)24-11-25-20(16)31-14-6-7-27(10-14)21(29)12-4-5-12/h8-9,11-12,14H,3-7,10H2,1-2H3/t14-/m0/s1. The second-order valence-electron chi connectivity index (χ2n) is 7.83. The smallest absolute Gasteiger partial charge is 0.250 e. The molecule has 3 aromatic heterocycles. The first kappa shape index (κ1) is 19.7. The van der Waals surface area contributed by atoms with Crippen LogP contribution in [-0.2, 0) is 11.3 Å². The van der Waals surface area contributed by atoms with Gasteiger partial charge in [-0.25, -0.2) is 19.3 Å². The fourth-order valence-electron chi connectivity index (χ4n) is 3.99. The number of aryl methyl sites for hydroxylation is 1. The summed E-state index contributed by atoms with van der Waals surface area (Å²) in [4.78, 5) is 31.5. The van der Waals surface area contributed by atoms with Crippen LogP contribution < -0.4 is 9.47 Å². The minimum Gasteiger partial charge on any atom is -0.479 e. The van der Waals surface area contributed by atoms with E-state index in [1.165, 1.54) is 25.7 Å². The molecular weight excluding hydrogens is 403 g/mol. The normalized spacial score (nSPS) is 18.5. The summed E-state index contributed by atoms with van der Waals surface area (Å²) in [6.07, 6.45) is 5.54. The number of methoxy groups -OCH3 is 1. The van der Waals surface area contributed by atoms with Crippen molar-refractivity contribution in [3.8, 4) is 23.1 Å². The maximum atomic E-state index is 14.2. The number of ether oxygens (including phenoxy) is 2. The molecule has 1 saturated carbocycles. The molecule has 1 atom stereocenters. The molecule has 3 aromatic rings. The predicted molar refractivity (Wildman–Crippen MR) is 109 cm³/mol. The summed E-state index contributed by atoms with van der Waals surface area (Å²) in [5.74, 6) is 0.679. The van der Waals surface area contributed by atoms with Crippen molar-refractivity contribution in [2.45, 2.75) is 38.8 Å². The minimum absolute atomic E-state index is 0.0711. The van der Waals surface area contributed by atoms with Gasteiger partial charge in [-0.05, 0) is 25.8 Å². The van der Waals surface area contributed by atoms with Crippen LogP contribution in [-0.4, -0.2) is 61.6 Å². The number of hydrogen-bond donors (Lipinski definition) is 0. The number of hydrogen-bond acceptors (Lipinski definition) is 7. The van der Waals surface area contributed by atoms with Crippen LogP contribution in [0.5, 0.6) is 11.8 Å². The zero-order valence-electron chi connectivity index (χ0n) is 17.4. The van der Waals surface area contributed by atoms with Gasteiger partial charge in [-0.15, -0.1) is 0 Å². The van der Waals surface area contributed by atoms with Crippen LogP contribution in [0.4, 0.5) is 4.39 Å². The van der Waals surface area contributed by atoms with E-state index in [4.69, 9.17) is 9.47 Å². The van der Waals surface area contributed by atoms with E-state index in [1.807, 2.05) is 16.4 Å². The Morgan fingerprint density at radius 3 is 2.77 bits per heavy atom. The monoisotopic (exact) mass is 426 g/mol. The number of fused-ring (bicyclic) bond motifs is 1. The van der Waals surface area contributed by atoms with Gasteiger partial charge in [-0.3, -0.25) is 4.79 Å². The highest BCUT2D eigenvalue weighted by Gasteiger charge is 2.37. The third-order valence-corrected chi connectivity index (χ3v) is 5.74. The molecule has 2 aliphatic rings. The van der Waals surface area contributed by atoms with Crippen LogP contribution in [0.25, 0.3) is 22.6 Å². The number of amides is 1. The van der Waals surface area contributed by atoms with Crippen LogP contribution in [0.1, 0.15) is 26.2 Å². The van der Waals surface area contributed by atoms with E-state index in [1.54, 1.807) is 0 Å². The molecule has 9 nitrogen and oxygen atoms in total. The van der Waals surface area contributed by atoms with Gasteiger partial charge >= 0.3 is 0 Å². The van der Waals surface area contributed by atoms with Crippen molar-refractivity contribution in [3.63, 3.8) is 0 Å². The Balaban J connectivity index is 1.45. The van der Waals surface area contributed by atoms with E-state index < -0.39 is 5.82 Å². The van der Waals surface area contributed by atoms with Gasteiger partial charge in [0.15, 0.2) is 17.0 Å². The van der Waals surface area contributed by atoms with Gasteiger partial charge in [0.1, 0.15) is 18.3 Å². The largest absolute Gasteiger partial charge is 0.479 e. The summed E-state index contributed by atoms with van der Waals surface area (Å²) in [5, 5.41) is 0. The van der Waals surface area contributed by atoms with Gasteiger partial charge < -0.3 is 18.9 Å². The molecule has 0 N–H and O–H groups in total. The highest BCUT2D eigenvalue weighted by Crippen LogP contribution is 2.33. The number of imidazole rings is 1. The van der Waals surface area contributed by atoms with Gasteiger partial charge in [-0.2, -0.15) is 4.98 Å². The average molecular weight is 426 g/mol. The maximum absolute atomic E-state index is 14.2. The first-order valence-corrected chi connectivity index (χ1v) is 10.5. The van der Waals surface area contributed by atoms with Crippen LogP contribution >= 0.6 is 0 Å². The number of pyridine rings is 1. The molecule has 0 unspecified atom stereocenters. The van der Waals surface area contributed by atoms with E-state index in [-0.39, 0.29) is 23.8 Å². The van der Waals surface area contributed by atoms with Crippen LogP contribution in [0.2, 0.25) is 0 Å². The van der Waals surface area contributed by atoms with Crippen molar-refractivity contribution < 1.29 is 18.7 Å². The molecule has 0 aromatic carbocycles. The van der Waals surface area contributed by atoms with E-state index >= 15 is 0 Å². The topological polar surface area (TPSA) is 95.3 Å². The Hall–Kier alpha value is -3.30. The summed E-state index contributed by atoms with van der Waals surface area (Å²) in [5.41, 5.74) is 1.61. The Morgan fingerprint density at radius 2 is 2.06 bits per heavy atom. The lowest BCUT2D eigenvalue weighted by molar-refractivity contribution is -0.131. The highest BCUT2D eigenvalue weighted by molar-refractivity contribution is 5.82. The third kappa shape index (κ3) is 3.55. The highest BCUT2D eigenvalue weighted by atomic mass is 19.1. The summed E-state index contributed by atoms with van der Waals surface area (Å²) >= 11 is 0. The Morgan fingerprint density at radius 1 is 1.23 bits per heavy atom. The Bertz CT molecular complexity index is 1150. The van der Waals surface area contributed by atoms with Crippen LogP contribution in [0.3, 0.4) is 0 Å². The van der Waals surface area contributed by atoms with Crippen molar-refractivity contribution in [1.82, 2.24) is 29.4 Å². The molecule has 1 aliphatic heterocycles. The lowest BCUT2D eigenvalue weighted by Crippen LogP contribution is -2.32. The summed E-state index contributed by atoms with van der Waals surface area (Å²) in [6.45, 7) is 3.78. The summed E-state index contributed by atoms with van der Waals surface area (Å²) in [7, 11) is 1.37. The molecule has 2 fully saturated rings. The van der Waals surface area contributed by atoms with Crippen LogP contribution in [0.15, 0.2) is 18.6 Å². The molecule has 1 amide bonds. The lowest BCUT2D eigenvalue weighted by Gasteiger charge is -2.16. The van der Waals surface area contributed by atoms with Gasteiger partial charge in [0.2, 0.25) is 17.7 Å². The number of likely N-dealkylation sites (tertiary alicyclic amines) is 1. The lowest BCUT2D eigenvalue weighted by atomic mass is 10.2. The molecule has 0 spiro atoms. The SMILES string of the molecule is CCn1c(-c2cnc(OC)c(F)c2)nc2c(O[C@H]3CCN(C(=O)C4CC4)C3)ncnc21. The van der Waals surface area contributed by atoms with Gasteiger partial charge in [0.25, 0.3) is 0 Å². The molecule has 31 heavy (non-hydrogen) atoms. The molecule has 0 radical (unpaired) electrons.